The number of hydrogen-bond donors (Lipinski definition) is 0. The van der Waals surface area contributed by atoms with E-state index in [-0.39, 0.29) is 11.9 Å². The van der Waals surface area contributed by atoms with Crippen LogP contribution < -0.4 is 4.74 Å². The van der Waals surface area contributed by atoms with Gasteiger partial charge in [0.2, 0.25) is 5.91 Å². The zero-order chi connectivity index (χ0) is 13.3. The molecule has 5 heteroatoms. The largest absolute Gasteiger partial charge is 0.494 e. The molecule has 2 rings (SSSR count). The van der Waals surface area contributed by atoms with Crippen LogP contribution in [-0.4, -0.2) is 47.6 Å². The van der Waals surface area contributed by atoms with E-state index in [4.69, 9.17) is 4.74 Å². The summed E-state index contributed by atoms with van der Waals surface area (Å²) in [5.41, 5.74) is 1.48. The van der Waals surface area contributed by atoms with E-state index in [0.717, 1.165) is 11.0 Å². The van der Waals surface area contributed by atoms with E-state index in [1.807, 2.05) is 44.1 Å². The molecule has 0 saturated carbocycles. The Labute approximate surface area is 106 Å². The van der Waals surface area contributed by atoms with Crippen molar-refractivity contribution >= 4 is 16.9 Å². The first-order chi connectivity index (χ1) is 8.56. The minimum Gasteiger partial charge on any atom is -0.494 e. The van der Waals surface area contributed by atoms with Gasteiger partial charge in [-0.1, -0.05) is 6.07 Å². The molecule has 0 aliphatic rings. The summed E-state index contributed by atoms with van der Waals surface area (Å²) in [6, 6.07) is 5.33. The van der Waals surface area contributed by atoms with E-state index in [9.17, 15) is 4.79 Å². The Bertz CT molecular complexity index is 575. The highest BCUT2D eigenvalue weighted by Gasteiger charge is 2.20. The summed E-state index contributed by atoms with van der Waals surface area (Å²) in [6.45, 7) is 1.86. The molecule has 0 N–H and O–H groups in total. The van der Waals surface area contributed by atoms with Crippen LogP contribution >= 0.6 is 0 Å². The molecule has 18 heavy (non-hydrogen) atoms. The second-order valence-corrected chi connectivity index (χ2v) is 4.42. The molecular weight excluding hydrogens is 230 g/mol. The number of benzene rings is 1. The van der Waals surface area contributed by atoms with Gasteiger partial charge in [0.25, 0.3) is 0 Å². The molecule has 1 aromatic heterocycles. The highest BCUT2D eigenvalue weighted by Crippen LogP contribution is 2.24. The SMILES string of the molecule is COc1cccc2ncn(C(=O)[C@H](C)N(C)C)c12. The standard InChI is InChI=1S/C13H17N3O2/c1-9(15(2)3)13(17)16-8-14-10-6-5-7-11(18-4)12(10)16/h5-9H,1-4H3/t9-/m0/s1. The molecule has 96 valence electrons. The summed E-state index contributed by atoms with van der Waals surface area (Å²) >= 11 is 0. The average molecular weight is 247 g/mol. The van der Waals surface area contributed by atoms with Gasteiger partial charge in [0.1, 0.15) is 17.6 Å². The fourth-order valence-corrected chi connectivity index (χ4v) is 1.79. The monoisotopic (exact) mass is 247 g/mol. The predicted molar refractivity (Wildman–Crippen MR) is 70.1 cm³/mol. The molecule has 1 atom stereocenters. The quantitative estimate of drug-likeness (QED) is 0.827. The lowest BCUT2D eigenvalue weighted by Crippen LogP contribution is -2.36. The maximum absolute atomic E-state index is 12.4. The lowest BCUT2D eigenvalue weighted by Gasteiger charge is -2.19. The van der Waals surface area contributed by atoms with Gasteiger partial charge in [0.05, 0.1) is 18.7 Å². The van der Waals surface area contributed by atoms with Crippen molar-refractivity contribution in [3.63, 3.8) is 0 Å². The number of fused-ring (bicyclic) bond motifs is 1. The summed E-state index contributed by atoms with van der Waals surface area (Å²) in [5.74, 6) is 0.635. The van der Waals surface area contributed by atoms with E-state index in [2.05, 4.69) is 4.98 Å². The van der Waals surface area contributed by atoms with E-state index in [1.165, 1.54) is 0 Å². The van der Waals surface area contributed by atoms with Crippen molar-refractivity contribution in [2.75, 3.05) is 21.2 Å². The van der Waals surface area contributed by atoms with Gasteiger partial charge in [-0.3, -0.25) is 14.3 Å². The van der Waals surface area contributed by atoms with Crippen LogP contribution in [0.1, 0.15) is 11.7 Å². The number of carbonyl (C=O) groups excluding carboxylic acids is 1. The topological polar surface area (TPSA) is 47.4 Å². The molecule has 0 bridgehead atoms. The van der Waals surface area contributed by atoms with Crippen molar-refractivity contribution in [3.8, 4) is 5.75 Å². The first kappa shape index (κ1) is 12.6. The molecule has 0 aliphatic carbocycles. The first-order valence-electron chi connectivity index (χ1n) is 5.77. The van der Waals surface area contributed by atoms with Crippen LogP contribution in [0.2, 0.25) is 0 Å². The van der Waals surface area contributed by atoms with Gasteiger partial charge >= 0.3 is 0 Å². The zero-order valence-corrected chi connectivity index (χ0v) is 11.0. The van der Waals surface area contributed by atoms with Crippen molar-refractivity contribution in [2.45, 2.75) is 13.0 Å². The lowest BCUT2D eigenvalue weighted by molar-refractivity contribution is 0.0808. The van der Waals surface area contributed by atoms with Gasteiger partial charge in [-0.2, -0.15) is 0 Å². The van der Waals surface area contributed by atoms with E-state index in [0.29, 0.717) is 5.75 Å². The Hall–Kier alpha value is -1.88. The van der Waals surface area contributed by atoms with Gasteiger partial charge in [-0.25, -0.2) is 4.98 Å². The van der Waals surface area contributed by atoms with Crippen LogP contribution in [0, 0.1) is 0 Å². The Morgan fingerprint density at radius 1 is 1.44 bits per heavy atom. The minimum atomic E-state index is -0.215. The highest BCUT2D eigenvalue weighted by molar-refractivity contribution is 5.95. The minimum absolute atomic E-state index is 0.0213. The Balaban J connectivity index is 2.55. The molecule has 0 unspecified atom stereocenters. The number of methoxy groups -OCH3 is 1. The Morgan fingerprint density at radius 2 is 2.17 bits per heavy atom. The summed E-state index contributed by atoms with van der Waals surface area (Å²) in [4.78, 5) is 18.5. The fraction of sp³-hybridized carbons (Fsp3) is 0.385. The number of hydrogen-bond acceptors (Lipinski definition) is 4. The highest BCUT2D eigenvalue weighted by atomic mass is 16.5. The van der Waals surface area contributed by atoms with Crippen LogP contribution in [-0.2, 0) is 0 Å². The van der Waals surface area contributed by atoms with Crippen molar-refractivity contribution in [2.24, 2.45) is 0 Å². The number of rotatable bonds is 3. The van der Waals surface area contributed by atoms with Crippen molar-refractivity contribution in [1.82, 2.24) is 14.5 Å². The molecule has 0 amide bonds. The smallest absolute Gasteiger partial charge is 0.249 e. The van der Waals surface area contributed by atoms with Gasteiger partial charge in [-0.05, 0) is 33.2 Å². The van der Waals surface area contributed by atoms with E-state index in [1.54, 1.807) is 18.0 Å². The summed E-state index contributed by atoms with van der Waals surface area (Å²) in [5, 5.41) is 0. The number of nitrogens with zero attached hydrogens (tertiary/aromatic N) is 3. The molecule has 0 spiro atoms. The number of ether oxygens (including phenoxy) is 1. The number of imidazole rings is 1. The normalized spacial score (nSPS) is 12.9. The summed E-state index contributed by atoms with van der Waals surface area (Å²) < 4.78 is 6.84. The molecule has 0 radical (unpaired) electrons. The van der Waals surface area contributed by atoms with E-state index >= 15 is 0 Å². The third-order valence-electron chi connectivity index (χ3n) is 3.12. The van der Waals surface area contributed by atoms with Gasteiger partial charge in [0, 0.05) is 0 Å². The van der Waals surface area contributed by atoms with Gasteiger partial charge < -0.3 is 4.74 Å². The maximum atomic E-state index is 12.4. The zero-order valence-electron chi connectivity index (χ0n) is 11.0. The van der Waals surface area contributed by atoms with Crippen LogP contribution in [0.3, 0.4) is 0 Å². The van der Waals surface area contributed by atoms with Crippen molar-refractivity contribution in [3.05, 3.63) is 24.5 Å². The number of para-hydroxylation sites is 1. The number of aromatic nitrogens is 2. The molecule has 0 fully saturated rings. The third-order valence-corrected chi connectivity index (χ3v) is 3.12. The predicted octanol–water partition coefficient (Wildman–Crippen LogP) is 1.64. The van der Waals surface area contributed by atoms with Crippen LogP contribution in [0.25, 0.3) is 11.0 Å². The molecular formula is C13H17N3O2. The fourth-order valence-electron chi connectivity index (χ4n) is 1.79. The van der Waals surface area contributed by atoms with Crippen LogP contribution in [0.5, 0.6) is 5.75 Å². The number of likely N-dealkylation sites (N-methyl/N-ethyl adjacent to an activating group) is 1. The lowest BCUT2D eigenvalue weighted by atomic mass is 10.2. The molecule has 1 aromatic carbocycles. The Morgan fingerprint density at radius 3 is 2.78 bits per heavy atom. The van der Waals surface area contributed by atoms with Gasteiger partial charge in [0.15, 0.2) is 0 Å². The third kappa shape index (κ3) is 1.97. The second-order valence-electron chi connectivity index (χ2n) is 4.42. The average Bonchev–Trinajstić information content (AvgIpc) is 2.80. The molecule has 2 aromatic rings. The first-order valence-corrected chi connectivity index (χ1v) is 5.77. The molecule has 0 saturated heterocycles. The molecule has 1 heterocycles. The summed E-state index contributed by atoms with van der Waals surface area (Å²) in [7, 11) is 5.34. The molecule has 5 nitrogen and oxygen atoms in total. The maximum Gasteiger partial charge on any atom is 0.249 e. The van der Waals surface area contributed by atoms with Crippen LogP contribution in [0.15, 0.2) is 24.5 Å². The molecule has 0 aliphatic heterocycles. The summed E-state index contributed by atoms with van der Waals surface area (Å²) in [6.07, 6.45) is 1.55. The second kappa shape index (κ2) is 4.78. The number of carbonyl (C=O) groups is 1. The van der Waals surface area contributed by atoms with Gasteiger partial charge in [-0.15, -0.1) is 0 Å². The van der Waals surface area contributed by atoms with Crippen LogP contribution in [0.4, 0.5) is 0 Å². The van der Waals surface area contributed by atoms with E-state index < -0.39 is 0 Å². The van der Waals surface area contributed by atoms with Crippen molar-refractivity contribution in [1.29, 1.82) is 0 Å². The Kier molecular flexibility index (Phi) is 3.34. The van der Waals surface area contributed by atoms with Crippen molar-refractivity contribution < 1.29 is 9.53 Å².